The van der Waals surface area contributed by atoms with E-state index in [1.165, 1.54) is 7.11 Å². The number of aromatic nitrogens is 2. The second-order valence-electron chi connectivity index (χ2n) is 7.26. The molecule has 2 N–H and O–H groups in total. The minimum atomic E-state index is -0.369. The zero-order valence-corrected chi connectivity index (χ0v) is 18.8. The van der Waals surface area contributed by atoms with Crippen LogP contribution in [0.25, 0.3) is 11.3 Å². The molecule has 2 heterocycles. The van der Waals surface area contributed by atoms with Gasteiger partial charge in [-0.15, -0.1) is 12.4 Å². The number of hydrogen-bond donors (Lipinski definition) is 2. The molecule has 3 aromatic rings. The van der Waals surface area contributed by atoms with E-state index in [9.17, 15) is 9.59 Å². The first kappa shape index (κ1) is 23.0. The number of para-hydroxylation sites is 1. The average Bonchev–Trinajstić information content (AvgIpc) is 3.08. The highest BCUT2D eigenvalue weighted by atomic mass is 35.5. The molecule has 1 aliphatic heterocycles. The third-order valence-electron chi connectivity index (χ3n) is 5.12. The summed E-state index contributed by atoms with van der Waals surface area (Å²) in [4.78, 5) is 39.7. The number of carbonyl (C=O) groups is 2. The van der Waals surface area contributed by atoms with Crippen LogP contribution in [0.5, 0.6) is 0 Å². The first-order chi connectivity index (χ1) is 15.0. The lowest BCUT2D eigenvalue weighted by Gasteiger charge is -2.23. The molecule has 0 fully saturated rings. The lowest BCUT2D eigenvalue weighted by molar-refractivity contribution is -0.110. The summed E-state index contributed by atoms with van der Waals surface area (Å²) in [6.07, 6.45) is 0.683. The largest absolute Gasteiger partial charge is 0.399 e. The molecule has 4 rings (SSSR count). The van der Waals surface area contributed by atoms with Crippen LogP contribution >= 0.6 is 12.4 Å². The molecule has 0 unspecified atom stereocenters. The van der Waals surface area contributed by atoms with E-state index in [0.717, 1.165) is 28.5 Å². The molecule has 2 aromatic carbocycles. The molecule has 0 atom stereocenters. The highest BCUT2D eigenvalue weighted by Crippen LogP contribution is 2.35. The molecule has 8 nitrogen and oxygen atoms in total. The Morgan fingerprint density at radius 1 is 1.16 bits per heavy atom. The van der Waals surface area contributed by atoms with E-state index in [1.54, 1.807) is 36.1 Å². The smallest absolute Gasteiger partial charge is 0.273 e. The number of fused-ring (bicyclic) bond motifs is 3. The second-order valence-corrected chi connectivity index (χ2v) is 7.26. The lowest BCUT2D eigenvalue weighted by atomic mass is 10.1. The monoisotopic (exact) mass is 453 g/mol. The van der Waals surface area contributed by atoms with Gasteiger partial charge in [0.25, 0.3) is 11.8 Å². The molecule has 32 heavy (non-hydrogen) atoms. The Morgan fingerprint density at radius 2 is 1.88 bits per heavy atom. The maximum atomic E-state index is 13.4. The van der Waals surface area contributed by atoms with E-state index >= 15 is 0 Å². The van der Waals surface area contributed by atoms with Gasteiger partial charge in [0.15, 0.2) is 0 Å². The van der Waals surface area contributed by atoms with Gasteiger partial charge in [0.2, 0.25) is 0 Å². The number of rotatable bonds is 4. The van der Waals surface area contributed by atoms with Crippen molar-refractivity contribution < 1.29 is 14.4 Å². The van der Waals surface area contributed by atoms with Crippen molar-refractivity contribution in [2.45, 2.75) is 20.3 Å². The fourth-order valence-electron chi connectivity index (χ4n) is 3.66. The lowest BCUT2D eigenvalue weighted by Crippen LogP contribution is -2.32. The molecule has 1 aliphatic rings. The van der Waals surface area contributed by atoms with Crippen molar-refractivity contribution in [1.29, 1.82) is 0 Å². The topological polar surface area (TPSA) is 99.7 Å². The molecule has 0 radical (unpaired) electrons. The van der Waals surface area contributed by atoms with Crippen molar-refractivity contribution in [2.24, 2.45) is 5.16 Å². The molecule has 0 bridgehead atoms. The summed E-state index contributed by atoms with van der Waals surface area (Å²) in [5.74, 6) is 0.388. The van der Waals surface area contributed by atoms with Gasteiger partial charge in [-0.25, -0.2) is 4.98 Å². The third kappa shape index (κ3) is 4.50. The third-order valence-corrected chi connectivity index (χ3v) is 5.12. The highest BCUT2D eigenvalue weighted by molar-refractivity contribution is 6.42. The molecule has 0 spiro atoms. The van der Waals surface area contributed by atoms with Crippen LogP contribution in [0.1, 0.15) is 28.8 Å². The van der Waals surface area contributed by atoms with Crippen LogP contribution in [0.15, 0.2) is 53.7 Å². The Balaban J connectivity index is 0.00000289. The number of oxime groups is 1. The number of imidazole rings is 1. The summed E-state index contributed by atoms with van der Waals surface area (Å²) in [5, 5.41) is 6.34. The van der Waals surface area contributed by atoms with Gasteiger partial charge in [-0.2, -0.15) is 0 Å². The quantitative estimate of drug-likeness (QED) is 0.461. The molecule has 0 saturated heterocycles. The summed E-state index contributed by atoms with van der Waals surface area (Å²) in [7, 11) is 1.38. The average molecular weight is 454 g/mol. The SMILES string of the molecule is CON=C(C)C(=O)Nc1ccc(C(=O)N2CCc3[nH]c(C)nc3-c3ccccc32)cc1.Cl. The summed E-state index contributed by atoms with van der Waals surface area (Å²) in [6.45, 7) is 4.03. The Labute approximate surface area is 192 Å². The number of aromatic amines is 1. The van der Waals surface area contributed by atoms with E-state index < -0.39 is 0 Å². The summed E-state index contributed by atoms with van der Waals surface area (Å²) >= 11 is 0. The predicted molar refractivity (Wildman–Crippen MR) is 127 cm³/mol. The van der Waals surface area contributed by atoms with Crippen molar-refractivity contribution >= 4 is 41.3 Å². The zero-order valence-electron chi connectivity index (χ0n) is 18.0. The van der Waals surface area contributed by atoms with Crippen LogP contribution < -0.4 is 10.2 Å². The molecule has 0 aliphatic carbocycles. The number of anilines is 2. The van der Waals surface area contributed by atoms with Crippen molar-refractivity contribution in [3.63, 3.8) is 0 Å². The van der Waals surface area contributed by atoms with Gasteiger partial charge < -0.3 is 20.0 Å². The molecular formula is C23H24ClN5O3. The Hall–Kier alpha value is -3.65. The van der Waals surface area contributed by atoms with Gasteiger partial charge in [0.05, 0.1) is 11.4 Å². The van der Waals surface area contributed by atoms with Gasteiger partial charge in [0, 0.05) is 35.5 Å². The first-order valence-electron chi connectivity index (χ1n) is 9.94. The number of H-pyrrole nitrogens is 1. The maximum Gasteiger partial charge on any atom is 0.273 e. The molecule has 2 amide bonds. The molecule has 0 saturated carbocycles. The van der Waals surface area contributed by atoms with Crippen LogP contribution in [0.2, 0.25) is 0 Å². The van der Waals surface area contributed by atoms with Gasteiger partial charge >= 0.3 is 0 Å². The standard InChI is InChI=1S/C23H23N5O3.ClH/c1-14(27-31-3)22(29)26-17-10-8-16(9-11-17)23(30)28-13-12-19-21(25-15(2)24-19)18-6-4-5-7-20(18)28;/h4-11H,12-13H2,1-3H3,(H,24,25)(H,26,29);1H. The number of aryl methyl sites for hydroxylation is 1. The Bertz CT molecular complexity index is 1170. The van der Waals surface area contributed by atoms with Gasteiger partial charge in [-0.1, -0.05) is 23.4 Å². The van der Waals surface area contributed by atoms with Crippen LogP contribution in [0.3, 0.4) is 0 Å². The molecule has 9 heteroatoms. The highest BCUT2D eigenvalue weighted by Gasteiger charge is 2.26. The van der Waals surface area contributed by atoms with Crippen LogP contribution in [0, 0.1) is 6.92 Å². The minimum absolute atomic E-state index is 0. The van der Waals surface area contributed by atoms with Gasteiger partial charge in [0.1, 0.15) is 18.6 Å². The number of carbonyl (C=O) groups excluding carboxylic acids is 2. The van der Waals surface area contributed by atoms with E-state index in [4.69, 9.17) is 0 Å². The number of amides is 2. The fourth-order valence-corrected chi connectivity index (χ4v) is 3.66. The Kier molecular flexibility index (Phi) is 6.95. The second kappa shape index (κ2) is 9.65. The predicted octanol–water partition coefficient (Wildman–Crippen LogP) is 3.97. The molecule has 166 valence electrons. The van der Waals surface area contributed by atoms with Crippen LogP contribution in [-0.2, 0) is 16.1 Å². The summed E-state index contributed by atoms with van der Waals surface area (Å²) in [6, 6.07) is 14.6. The van der Waals surface area contributed by atoms with Crippen molar-refractivity contribution in [3.05, 3.63) is 65.6 Å². The van der Waals surface area contributed by atoms with Crippen molar-refractivity contribution in [1.82, 2.24) is 9.97 Å². The normalized spacial score (nSPS) is 12.7. The number of nitrogens with one attached hydrogen (secondary N) is 2. The van der Waals surface area contributed by atoms with Gasteiger partial charge in [-0.05, 0) is 44.2 Å². The summed E-state index contributed by atoms with van der Waals surface area (Å²) in [5.41, 5.74) is 5.01. The van der Waals surface area contributed by atoms with Crippen LogP contribution in [-0.4, -0.2) is 41.1 Å². The van der Waals surface area contributed by atoms with Gasteiger partial charge in [-0.3, -0.25) is 9.59 Å². The van der Waals surface area contributed by atoms with E-state index in [0.29, 0.717) is 24.2 Å². The molecule has 1 aromatic heterocycles. The first-order valence-corrected chi connectivity index (χ1v) is 9.94. The van der Waals surface area contributed by atoms with Crippen molar-refractivity contribution in [3.8, 4) is 11.3 Å². The van der Waals surface area contributed by atoms with E-state index in [1.807, 2.05) is 31.2 Å². The number of hydrogen-bond acceptors (Lipinski definition) is 5. The van der Waals surface area contributed by atoms with E-state index in [-0.39, 0.29) is 29.9 Å². The fraction of sp³-hybridized carbons (Fsp3) is 0.217. The number of benzene rings is 2. The summed E-state index contributed by atoms with van der Waals surface area (Å²) < 4.78 is 0. The van der Waals surface area contributed by atoms with E-state index in [2.05, 4.69) is 25.3 Å². The van der Waals surface area contributed by atoms with Crippen LogP contribution in [0.4, 0.5) is 11.4 Å². The number of nitrogens with zero attached hydrogens (tertiary/aromatic N) is 3. The Morgan fingerprint density at radius 3 is 2.59 bits per heavy atom. The minimum Gasteiger partial charge on any atom is -0.399 e. The zero-order chi connectivity index (χ0) is 22.0. The maximum absolute atomic E-state index is 13.4. The van der Waals surface area contributed by atoms with Crippen molar-refractivity contribution in [2.75, 3.05) is 23.9 Å². The number of halogens is 1. The molecular weight excluding hydrogens is 430 g/mol.